The SMILES string of the molecule is CC.CC1c2cc(F)c(Cl)cc2CCN1C. The lowest BCUT2D eigenvalue weighted by molar-refractivity contribution is 0.247. The van der Waals surface area contributed by atoms with E-state index < -0.39 is 0 Å². The van der Waals surface area contributed by atoms with Gasteiger partial charge in [-0.15, -0.1) is 0 Å². The molecule has 0 aliphatic carbocycles. The van der Waals surface area contributed by atoms with Gasteiger partial charge in [0.25, 0.3) is 0 Å². The molecule has 0 amide bonds. The van der Waals surface area contributed by atoms with E-state index in [9.17, 15) is 4.39 Å². The van der Waals surface area contributed by atoms with E-state index in [0.29, 0.717) is 0 Å². The Morgan fingerprint density at radius 1 is 1.38 bits per heavy atom. The first-order valence-electron chi connectivity index (χ1n) is 5.77. The van der Waals surface area contributed by atoms with Crippen molar-refractivity contribution in [2.45, 2.75) is 33.2 Å². The third kappa shape index (κ3) is 2.55. The minimum atomic E-state index is -0.312. The highest BCUT2D eigenvalue weighted by Gasteiger charge is 2.22. The monoisotopic (exact) mass is 243 g/mol. The number of halogens is 2. The van der Waals surface area contributed by atoms with Crippen molar-refractivity contribution >= 4 is 11.6 Å². The first-order valence-corrected chi connectivity index (χ1v) is 6.15. The van der Waals surface area contributed by atoms with Gasteiger partial charge in [0.2, 0.25) is 0 Å². The number of hydrogen-bond donors (Lipinski definition) is 0. The van der Waals surface area contributed by atoms with E-state index in [-0.39, 0.29) is 16.9 Å². The number of fused-ring (bicyclic) bond motifs is 1. The van der Waals surface area contributed by atoms with Crippen LogP contribution in [0.1, 0.15) is 37.9 Å². The van der Waals surface area contributed by atoms with Gasteiger partial charge in [-0.2, -0.15) is 0 Å². The number of rotatable bonds is 0. The summed E-state index contributed by atoms with van der Waals surface area (Å²) in [5.41, 5.74) is 2.25. The molecule has 0 saturated heterocycles. The van der Waals surface area contributed by atoms with Gasteiger partial charge in [0, 0.05) is 12.6 Å². The highest BCUT2D eigenvalue weighted by molar-refractivity contribution is 6.30. The molecule has 0 saturated carbocycles. The summed E-state index contributed by atoms with van der Waals surface area (Å²) in [5, 5.41) is 0.237. The normalized spacial score (nSPS) is 19.8. The second kappa shape index (κ2) is 5.65. The van der Waals surface area contributed by atoms with Gasteiger partial charge in [-0.05, 0) is 43.7 Å². The molecule has 1 aliphatic rings. The third-order valence-electron chi connectivity index (χ3n) is 3.03. The summed E-state index contributed by atoms with van der Waals surface area (Å²) >= 11 is 5.74. The molecular weight excluding hydrogens is 225 g/mol. The molecule has 1 atom stereocenters. The fraction of sp³-hybridized carbons (Fsp3) is 0.538. The lowest BCUT2D eigenvalue weighted by Crippen LogP contribution is -2.30. The van der Waals surface area contributed by atoms with Crippen LogP contribution in [-0.2, 0) is 6.42 Å². The van der Waals surface area contributed by atoms with Crippen molar-refractivity contribution in [3.8, 4) is 0 Å². The van der Waals surface area contributed by atoms with Crippen molar-refractivity contribution in [1.29, 1.82) is 0 Å². The number of likely N-dealkylation sites (N-methyl/N-ethyl adjacent to an activating group) is 1. The molecule has 0 N–H and O–H groups in total. The molecule has 2 rings (SSSR count). The maximum Gasteiger partial charge on any atom is 0.142 e. The minimum Gasteiger partial charge on any atom is -0.299 e. The van der Waals surface area contributed by atoms with Crippen LogP contribution in [0, 0.1) is 5.82 Å². The lowest BCUT2D eigenvalue weighted by Gasteiger charge is -2.32. The predicted octanol–water partition coefficient (Wildman–Crippen LogP) is 4.05. The minimum absolute atomic E-state index is 0.237. The Hall–Kier alpha value is -0.600. The zero-order chi connectivity index (χ0) is 12.3. The molecule has 1 aliphatic heterocycles. The van der Waals surface area contributed by atoms with Gasteiger partial charge >= 0.3 is 0 Å². The van der Waals surface area contributed by atoms with Crippen molar-refractivity contribution in [2.75, 3.05) is 13.6 Å². The third-order valence-corrected chi connectivity index (χ3v) is 3.32. The van der Waals surface area contributed by atoms with E-state index in [2.05, 4.69) is 18.9 Å². The van der Waals surface area contributed by atoms with E-state index in [1.165, 1.54) is 5.56 Å². The zero-order valence-electron chi connectivity index (χ0n) is 10.3. The highest BCUT2D eigenvalue weighted by atomic mass is 35.5. The summed E-state index contributed by atoms with van der Waals surface area (Å²) in [4.78, 5) is 2.22. The fourth-order valence-corrected chi connectivity index (χ4v) is 2.12. The molecule has 0 spiro atoms. The Balaban J connectivity index is 0.000000606. The molecule has 1 nitrogen and oxygen atoms in total. The summed E-state index contributed by atoms with van der Waals surface area (Å²) in [6.07, 6.45) is 0.955. The first-order chi connectivity index (χ1) is 7.59. The molecule has 90 valence electrons. The average Bonchev–Trinajstić information content (AvgIpc) is 2.30. The summed E-state index contributed by atoms with van der Waals surface area (Å²) in [6.45, 7) is 7.10. The number of nitrogens with zero attached hydrogens (tertiary/aromatic N) is 1. The highest BCUT2D eigenvalue weighted by Crippen LogP contribution is 2.31. The predicted molar refractivity (Wildman–Crippen MR) is 67.5 cm³/mol. The largest absolute Gasteiger partial charge is 0.299 e. The summed E-state index contributed by atoms with van der Waals surface area (Å²) in [5.74, 6) is -0.312. The molecule has 0 radical (unpaired) electrons. The van der Waals surface area contributed by atoms with Gasteiger partial charge in [-0.1, -0.05) is 25.4 Å². The molecule has 1 unspecified atom stereocenters. The van der Waals surface area contributed by atoms with Crippen molar-refractivity contribution in [3.05, 3.63) is 34.1 Å². The summed E-state index contributed by atoms with van der Waals surface area (Å²) in [6, 6.07) is 3.61. The van der Waals surface area contributed by atoms with Crippen LogP contribution in [0.2, 0.25) is 5.02 Å². The van der Waals surface area contributed by atoms with Crippen LogP contribution in [0.25, 0.3) is 0 Å². The molecule has 0 bridgehead atoms. The standard InChI is InChI=1S/C11H13ClFN.C2H6/c1-7-9-6-11(13)10(12)5-8(9)3-4-14(7)2;1-2/h5-7H,3-4H2,1-2H3;1-2H3. The van der Waals surface area contributed by atoms with E-state index in [0.717, 1.165) is 18.5 Å². The van der Waals surface area contributed by atoms with Crippen LogP contribution in [-0.4, -0.2) is 18.5 Å². The van der Waals surface area contributed by atoms with E-state index >= 15 is 0 Å². The number of benzene rings is 1. The van der Waals surface area contributed by atoms with Crippen LogP contribution < -0.4 is 0 Å². The van der Waals surface area contributed by atoms with Crippen molar-refractivity contribution in [1.82, 2.24) is 4.90 Å². The fourth-order valence-electron chi connectivity index (χ4n) is 1.94. The number of hydrogen-bond acceptors (Lipinski definition) is 1. The smallest absolute Gasteiger partial charge is 0.142 e. The molecular formula is C13H19ClFN. The Labute approximate surface area is 102 Å². The molecule has 1 aromatic rings. The Morgan fingerprint density at radius 3 is 2.62 bits per heavy atom. The molecule has 16 heavy (non-hydrogen) atoms. The van der Waals surface area contributed by atoms with Gasteiger partial charge in [-0.25, -0.2) is 4.39 Å². The molecule has 0 aromatic heterocycles. The van der Waals surface area contributed by atoms with Crippen LogP contribution in [0.5, 0.6) is 0 Å². The molecule has 1 aromatic carbocycles. The molecule has 1 heterocycles. The van der Waals surface area contributed by atoms with Crippen molar-refractivity contribution in [3.63, 3.8) is 0 Å². The molecule has 3 heteroatoms. The van der Waals surface area contributed by atoms with Gasteiger partial charge < -0.3 is 0 Å². The quantitative estimate of drug-likeness (QED) is 0.664. The Kier molecular flexibility index (Phi) is 4.75. The van der Waals surface area contributed by atoms with E-state index in [4.69, 9.17) is 11.6 Å². The van der Waals surface area contributed by atoms with Crippen LogP contribution in [0.3, 0.4) is 0 Å². The second-order valence-corrected chi connectivity index (χ2v) is 4.28. The van der Waals surface area contributed by atoms with Crippen LogP contribution in [0.15, 0.2) is 12.1 Å². The van der Waals surface area contributed by atoms with Crippen molar-refractivity contribution < 1.29 is 4.39 Å². The van der Waals surface area contributed by atoms with E-state index in [1.54, 1.807) is 12.1 Å². The van der Waals surface area contributed by atoms with E-state index in [1.807, 2.05) is 13.8 Å². The lowest BCUT2D eigenvalue weighted by atomic mass is 9.94. The van der Waals surface area contributed by atoms with Gasteiger partial charge in [-0.3, -0.25) is 4.90 Å². The van der Waals surface area contributed by atoms with Crippen LogP contribution >= 0.6 is 11.6 Å². The van der Waals surface area contributed by atoms with Gasteiger partial charge in [0.1, 0.15) is 5.82 Å². The Morgan fingerprint density at radius 2 is 2.00 bits per heavy atom. The topological polar surface area (TPSA) is 3.24 Å². The van der Waals surface area contributed by atoms with Gasteiger partial charge in [0.05, 0.1) is 5.02 Å². The average molecular weight is 244 g/mol. The summed E-state index contributed by atoms with van der Waals surface area (Å²) < 4.78 is 13.3. The Bertz CT molecular complexity index is 365. The van der Waals surface area contributed by atoms with Crippen LogP contribution in [0.4, 0.5) is 4.39 Å². The first kappa shape index (κ1) is 13.5. The maximum absolute atomic E-state index is 13.3. The molecule has 0 fully saturated rings. The summed E-state index contributed by atoms with van der Waals surface area (Å²) in [7, 11) is 2.06. The van der Waals surface area contributed by atoms with Gasteiger partial charge in [0.15, 0.2) is 0 Å². The maximum atomic E-state index is 13.3. The zero-order valence-corrected chi connectivity index (χ0v) is 11.1. The second-order valence-electron chi connectivity index (χ2n) is 3.87. The van der Waals surface area contributed by atoms with Crippen molar-refractivity contribution in [2.24, 2.45) is 0 Å².